The monoisotopic (exact) mass is 611 g/mol. The van der Waals surface area contributed by atoms with E-state index in [0.717, 1.165) is 51.6 Å². The highest BCUT2D eigenvalue weighted by molar-refractivity contribution is 7.97. The normalized spacial score (nSPS) is 17.1. The van der Waals surface area contributed by atoms with Crippen molar-refractivity contribution >= 4 is 41.1 Å². The average molecular weight is 612 g/mol. The number of urea groups is 1. The number of nitrogens with one attached hydrogen (secondary N) is 4. The van der Waals surface area contributed by atoms with Gasteiger partial charge in [-0.15, -0.1) is 11.3 Å². The molecule has 3 aromatic rings. The quantitative estimate of drug-likeness (QED) is 0.154. The molecule has 1 aliphatic carbocycles. The summed E-state index contributed by atoms with van der Waals surface area (Å²) in [6.07, 6.45) is 5.12. The van der Waals surface area contributed by atoms with Crippen molar-refractivity contribution in [3.8, 4) is 10.4 Å². The SMILES string of the molecule is CC(C)OC(=O)N[C@H]1CC[C@H](c2ncc(-c3ccc(NC(=O)NCc4ccccc4)cc3SNC(C)(C)CO)s2)CC1. The molecule has 5 N–H and O–H groups in total. The molecule has 1 aliphatic rings. The lowest BCUT2D eigenvalue weighted by molar-refractivity contribution is 0.109. The summed E-state index contributed by atoms with van der Waals surface area (Å²) >= 11 is 3.11. The molecule has 2 aromatic carbocycles. The Labute approximate surface area is 256 Å². The number of benzene rings is 2. The molecule has 0 unspecified atom stereocenters. The van der Waals surface area contributed by atoms with Gasteiger partial charge < -0.3 is 25.8 Å². The zero-order valence-corrected chi connectivity index (χ0v) is 26.2. The van der Waals surface area contributed by atoms with Crippen LogP contribution in [0.2, 0.25) is 0 Å². The molecule has 1 aromatic heterocycles. The zero-order chi connectivity index (χ0) is 30.1. The van der Waals surface area contributed by atoms with Crippen LogP contribution in [-0.4, -0.2) is 46.5 Å². The van der Waals surface area contributed by atoms with E-state index in [-0.39, 0.29) is 30.9 Å². The van der Waals surface area contributed by atoms with E-state index < -0.39 is 5.54 Å². The Bertz CT molecular complexity index is 1320. The second-order valence-electron chi connectivity index (χ2n) is 11.5. The number of thiazole rings is 1. The summed E-state index contributed by atoms with van der Waals surface area (Å²) in [7, 11) is 0. The third kappa shape index (κ3) is 9.45. The van der Waals surface area contributed by atoms with Crippen LogP contribution in [0.4, 0.5) is 15.3 Å². The fraction of sp³-hybridized carbons (Fsp3) is 0.452. The molecule has 0 spiro atoms. The van der Waals surface area contributed by atoms with Crippen molar-refractivity contribution in [3.05, 3.63) is 65.3 Å². The molecule has 4 rings (SSSR count). The number of aliphatic hydroxyl groups is 1. The molecule has 0 atom stereocenters. The van der Waals surface area contributed by atoms with E-state index in [2.05, 4.69) is 20.7 Å². The maximum absolute atomic E-state index is 12.6. The maximum Gasteiger partial charge on any atom is 0.407 e. The van der Waals surface area contributed by atoms with Gasteiger partial charge in [-0.1, -0.05) is 36.4 Å². The Morgan fingerprint density at radius 2 is 1.86 bits per heavy atom. The molecular formula is C31H41N5O4S2. The van der Waals surface area contributed by atoms with E-state index in [1.54, 1.807) is 11.3 Å². The van der Waals surface area contributed by atoms with E-state index in [9.17, 15) is 14.7 Å². The van der Waals surface area contributed by atoms with Gasteiger partial charge in [-0.3, -0.25) is 4.72 Å². The highest BCUT2D eigenvalue weighted by Gasteiger charge is 2.27. The van der Waals surface area contributed by atoms with E-state index in [1.807, 2.05) is 82.4 Å². The molecule has 0 radical (unpaired) electrons. The highest BCUT2D eigenvalue weighted by atomic mass is 32.2. The number of hydrogen-bond donors (Lipinski definition) is 5. The topological polar surface area (TPSA) is 125 Å². The van der Waals surface area contributed by atoms with Crippen LogP contribution in [0.15, 0.2) is 59.6 Å². The van der Waals surface area contributed by atoms with Crippen molar-refractivity contribution in [3.63, 3.8) is 0 Å². The summed E-state index contributed by atoms with van der Waals surface area (Å²) < 4.78 is 8.57. The molecule has 42 heavy (non-hydrogen) atoms. The van der Waals surface area contributed by atoms with Crippen LogP contribution in [0.1, 0.15) is 69.9 Å². The number of ether oxygens (including phenoxy) is 1. The Kier molecular flexibility index (Phi) is 11.3. The lowest BCUT2D eigenvalue weighted by atomic mass is 9.86. The van der Waals surface area contributed by atoms with Gasteiger partial charge in [-0.05, 0) is 83.0 Å². The number of carbonyl (C=O) groups is 2. The predicted octanol–water partition coefficient (Wildman–Crippen LogP) is 6.66. The van der Waals surface area contributed by atoms with Crippen LogP contribution < -0.4 is 20.7 Å². The molecule has 0 aliphatic heterocycles. The minimum atomic E-state index is -0.494. The minimum Gasteiger partial charge on any atom is -0.447 e. The van der Waals surface area contributed by atoms with Crippen LogP contribution in [0.25, 0.3) is 10.4 Å². The molecule has 11 heteroatoms. The first-order valence-corrected chi connectivity index (χ1v) is 16.0. The number of nitrogens with zero attached hydrogens (tertiary/aromatic N) is 1. The molecular weight excluding hydrogens is 571 g/mol. The second kappa shape index (κ2) is 14.9. The number of alkyl carbamates (subject to hydrolysis) is 1. The van der Waals surface area contributed by atoms with Crippen molar-refractivity contribution in [2.45, 2.75) is 88.4 Å². The van der Waals surface area contributed by atoms with Crippen LogP contribution in [0.5, 0.6) is 0 Å². The minimum absolute atomic E-state index is 0.0212. The standard InChI is InChI=1S/C31H41N5O4S2/c1-20(2)40-30(39)35-23-12-10-22(11-13-23)28-32-18-27(41-28)25-15-14-24(16-26(25)42-36-31(3,4)19-37)34-29(38)33-17-21-8-6-5-7-9-21/h5-9,14-16,18,20,22-23,36-37H,10-13,17,19H2,1-4H3,(H,35,39)(H2,33,34,38)/t22-,23-. The number of amides is 3. The number of hydrogen-bond acceptors (Lipinski definition) is 8. The smallest absolute Gasteiger partial charge is 0.407 e. The van der Waals surface area contributed by atoms with Crippen LogP contribution in [0.3, 0.4) is 0 Å². The first-order chi connectivity index (χ1) is 20.1. The highest BCUT2D eigenvalue weighted by Crippen LogP contribution is 2.41. The lowest BCUT2D eigenvalue weighted by Crippen LogP contribution is -2.38. The summed E-state index contributed by atoms with van der Waals surface area (Å²) in [4.78, 5) is 31.3. The number of aliphatic hydroxyl groups excluding tert-OH is 1. The van der Waals surface area contributed by atoms with Crippen LogP contribution in [0, 0.1) is 0 Å². The first-order valence-electron chi connectivity index (χ1n) is 14.3. The van der Waals surface area contributed by atoms with Gasteiger partial charge in [0.05, 0.1) is 22.6 Å². The number of carbonyl (C=O) groups excluding carboxylic acids is 2. The maximum atomic E-state index is 12.6. The molecule has 3 amide bonds. The Hall–Kier alpha value is -3.12. The van der Waals surface area contributed by atoms with E-state index in [0.29, 0.717) is 18.2 Å². The average Bonchev–Trinajstić information content (AvgIpc) is 3.46. The summed E-state index contributed by atoms with van der Waals surface area (Å²) in [6.45, 7) is 7.96. The number of aromatic nitrogens is 1. The van der Waals surface area contributed by atoms with E-state index in [4.69, 9.17) is 9.72 Å². The molecule has 1 saturated carbocycles. The van der Waals surface area contributed by atoms with Crippen molar-refractivity contribution in [1.29, 1.82) is 0 Å². The summed E-state index contributed by atoms with van der Waals surface area (Å²) in [5, 5.41) is 19.7. The van der Waals surface area contributed by atoms with E-state index in [1.165, 1.54) is 11.9 Å². The van der Waals surface area contributed by atoms with Crippen molar-refractivity contribution in [2.24, 2.45) is 0 Å². The van der Waals surface area contributed by atoms with Gasteiger partial charge >= 0.3 is 12.1 Å². The predicted molar refractivity (Wildman–Crippen MR) is 170 cm³/mol. The number of anilines is 1. The van der Waals surface area contributed by atoms with Gasteiger partial charge in [-0.2, -0.15) is 0 Å². The van der Waals surface area contributed by atoms with Gasteiger partial charge in [0, 0.05) is 46.4 Å². The number of rotatable bonds is 11. The molecule has 0 saturated heterocycles. The van der Waals surface area contributed by atoms with Crippen molar-refractivity contribution in [1.82, 2.24) is 20.3 Å². The lowest BCUT2D eigenvalue weighted by Gasteiger charge is -2.28. The third-order valence-corrected chi connectivity index (χ3v) is 9.30. The van der Waals surface area contributed by atoms with Gasteiger partial charge in [0.15, 0.2) is 0 Å². The van der Waals surface area contributed by atoms with Crippen LogP contribution in [-0.2, 0) is 11.3 Å². The second-order valence-corrected chi connectivity index (χ2v) is 13.4. The molecule has 226 valence electrons. The Morgan fingerprint density at radius 1 is 1.12 bits per heavy atom. The van der Waals surface area contributed by atoms with Gasteiger partial charge in [0.25, 0.3) is 0 Å². The van der Waals surface area contributed by atoms with Crippen LogP contribution >= 0.6 is 23.3 Å². The molecule has 0 bridgehead atoms. The van der Waals surface area contributed by atoms with E-state index >= 15 is 0 Å². The first kappa shape index (κ1) is 31.8. The fourth-order valence-electron chi connectivity index (χ4n) is 4.57. The largest absolute Gasteiger partial charge is 0.447 e. The summed E-state index contributed by atoms with van der Waals surface area (Å²) in [5.74, 6) is 0.347. The van der Waals surface area contributed by atoms with Crippen molar-refractivity contribution in [2.75, 3.05) is 11.9 Å². The molecule has 9 nitrogen and oxygen atoms in total. The Balaban J connectivity index is 1.43. The zero-order valence-electron chi connectivity index (χ0n) is 24.6. The van der Waals surface area contributed by atoms with Crippen molar-refractivity contribution < 1.29 is 19.4 Å². The van der Waals surface area contributed by atoms with Gasteiger partial charge in [-0.25, -0.2) is 14.6 Å². The summed E-state index contributed by atoms with van der Waals surface area (Å²) in [5.41, 5.74) is 2.20. The Morgan fingerprint density at radius 3 is 2.55 bits per heavy atom. The fourth-order valence-corrected chi connectivity index (χ4v) is 6.68. The third-order valence-electron chi connectivity index (χ3n) is 6.90. The molecule has 1 heterocycles. The van der Waals surface area contributed by atoms with Gasteiger partial charge in [0.1, 0.15) is 0 Å². The summed E-state index contributed by atoms with van der Waals surface area (Å²) in [6, 6.07) is 15.4. The molecule has 1 fully saturated rings. The van der Waals surface area contributed by atoms with Gasteiger partial charge in [0.2, 0.25) is 0 Å².